The lowest BCUT2D eigenvalue weighted by atomic mass is 9.80. The van der Waals surface area contributed by atoms with Crippen LogP contribution in [-0.2, 0) is 24.3 Å². The minimum Gasteiger partial charge on any atom is -0.481 e. The first-order valence-corrected chi connectivity index (χ1v) is 8.33. The van der Waals surface area contributed by atoms with Gasteiger partial charge in [0.15, 0.2) is 0 Å². The standard InChI is InChI=1S/C12H23NO6S/c1-10(2)19-7-8-20(16,17)13-9-12(11(14)15)3-5-18-6-4-12/h10,13H,3-9H2,1-2H3,(H,14,15). The number of hydrogen-bond donors (Lipinski definition) is 2. The molecule has 7 nitrogen and oxygen atoms in total. The van der Waals surface area contributed by atoms with Crippen LogP contribution < -0.4 is 4.72 Å². The van der Waals surface area contributed by atoms with E-state index in [1.54, 1.807) is 0 Å². The molecule has 1 aliphatic heterocycles. The molecule has 1 rings (SSSR count). The van der Waals surface area contributed by atoms with Gasteiger partial charge in [0.2, 0.25) is 10.0 Å². The first kappa shape index (κ1) is 17.4. The largest absolute Gasteiger partial charge is 0.481 e. The van der Waals surface area contributed by atoms with Gasteiger partial charge in [-0.3, -0.25) is 4.79 Å². The number of carbonyl (C=O) groups is 1. The highest BCUT2D eigenvalue weighted by atomic mass is 32.2. The van der Waals surface area contributed by atoms with Gasteiger partial charge in [-0.1, -0.05) is 0 Å². The molecule has 1 fully saturated rings. The van der Waals surface area contributed by atoms with Crippen molar-refractivity contribution >= 4 is 16.0 Å². The van der Waals surface area contributed by atoms with E-state index in [2.05, 4.69) is 4.72 Å². The van der Waals surface area contributed by atoms with Gasteiger partial charge in [-0.25, -0.2) is 13.1 Å². The molecule has 1 heterocycles. The van der Waals surface area contributed by atoms with Crippen LogP contribution in [0, 0.1) is 5.41 Å². The smallest absolute Gasteiger partial charge is 0.311 e. The van der Waals surface area contributed by atoms with Gasteiger partial charge in [-0.2, -0.15) is 0 Å². The highest BCUT2D eigenvalue weighted by Crippen LogP contribution is 2.30. The fraction of sp³-hybridized carbons (Fsp3) is 0.917. The Hall–Kier alpha value is -0.700. The number of sulfonamides is 1. The molecule has 0 aliphatic carbocycles. The van der Waals surface area contributed by atoms with Crippen LogP contribution in [0.15, 0.2) is 0 Å². The Labute approximate surface area is 119 Å². The summed E-state index contributed by atoms with van der Waals surface area (Å²) in [6.07, 6.45) is 0.590. The van der Waals surface area contributed by atoms with Crippen LogP contribution in [-0.4, -0.2) is 57.7 Å². The first-order valence-electron chi connectivity index (χ1n) is 6.67. The van der Waals surface area contributed by atoms with E-state index >= 15 is 0 Å². The lowest BCUT2D eigenvalue weighted by Gasteiger charge is -2.33. The highest BCUT2D eigenvalue weighted by Gasteiger charge is 2.40. The SMILES string of the molecule is CC(C)OCCS(=O)(=O)NCC1(C(=O)O)CCOCC1. The molecule has 0 bridgehead atoms. The normalized spacial score (nSPS) is 19.1. The van der Waals surface area contributed by atoms with Crippen molar-refractivity contribution in [2.24, 2.45) is 5.41 Å². The zero-order valence-electron chi connectivity index (χ0n) is 11.9. The molecule has 0 aromatic heterocycles. The van der Waals surface area contributed by atoms with Gasteiger partial charge >= 0.3 is 5.97 Å². The lowest BCUT2D eigenvalue weighted by Crippen LogP contribution is -2.47. The summed E-state index contributed by atoms with van der Waals surface area (Å²) >= 11 is 0. The van der Waals surface area contributed by atoms with E-state index < -0.39 is 21.4 Å². The second kappa shape index (κ2) is 7.35. The van der Waals surface area contributed by atoms with E-state index in [9.17, 15) is 18.3 Å². The lowest BCUT2D eigenvalue weighted by molar-refractivity contribution is -0.154. The van der Waals surface area contributed by atoms with Gasteiger partial charge in [-0.15, -0.1) is 0 Å². The number of carboxylic acid groups (broad SMARTS) is 1. The van der Waals surface area contributed by atoms with Crippen molar-refractivity contribution in [2.45, 2.75) is 32.8 Å². The topological polar surface area (TPSA) is 102 Å². The third-order valence-electron chi connectivity index (χ3n) is 3.34. The van der Waals surface area contributed by atoms with Crippen molar-refractivity contribution in [1.82, 2.24) is 4.72 Å². The third kappa shape index (κ3) is 5.35. The molecule has 0 aromatic carbocycles. The number of aliphatic carboxylic acids is 1. The number of nitrogens with one attached hydrogen (secondary N) is 1. The van der Waals surface area contributed by atoms with Crippen LogP contribution >= 0.6 is 0 Å². The van der Waals surface area contributed by atoms with E-state index in [1.165, 1.54) is 0 Å². The van der Waals surface area contributed by atoms with Crippen molar-refractivity contribution in [2.75, 3.05) is 32.1 Å². The zero-order valence-corrected chi connectivity index (χ0v) is 12.7. The summed E-state index contributed by atoms with van der Waals surface area (Å²) < 4.78 is 36.3. The Morgan fingerprint density at radius 2 is 2.00 bits per heavy atom. The molecule has 1 aliphatic rings. The Balaban J connectivity index is 2.52. The van der Waals surface area contributed by atoms with Crippen LogP contribution in [0.3, 0.4) is 0 Å². The minimum absolute atomic E-state index is 0.0361. The Morgan fingerprint density at radius 1 is 1.40 bits per heavy atom. The van der Waals surface area contributed by atoms with E-state index in [0.717, 1.165) is 0 Å². The second-order valence-corrected chi connectivity index (χ2v) is 7.18. The van der Waals surface area contributed by atoms with Crippen molar-refractivity contribution in [3.8, 4) is 0 Å². The number of ether oxygens (including phenoxy) is 2. The van der Waals surface area contributed by atoms with Crippen molar-refractivity contribution in [3.05, 3.63) is 0 Å². The van der Waals surface area contributed by atoms with Crippen LogP contribution in [0.1, 0.15) is 26.7 Å². The van der Waals surface area contributed by atoms with Gasteiger partial charge in [0.1, 0.15) is 0 Å². The Kier molecular flexibility index (Phi) is 6.38. The predicted octanol–water partition coefficient (Wildman–Crippen LogP) is 0.212. The summed E-state index contributed by atoms with van der Waals surface area (Å²) in [5.74, 6) is -1.15. The Bertz CT molecular complexity index is 414. The van der Waals surface area contributed by atoms with Crippen molar-refractivity contribution in [1.29, 1.82) is 0 Å². The summed E-state index contributed by atoms with van der Waals surface area (Å²) in [6.45, 7) is 4.31. The molecule has 0 unspecified atom stereocenters. The molecular formula is C12H23NO6S. The van der Waals surface area contributed by atoms with Gasteiger partial charge in [0.05, 0.1) is 23.9 Å². The van der Waals surface area contributed by atoms with Crippen molar-refractivity contribution < 1.29 is 27.8 Å². The summed E-state index contributed by atoms with van der Waals surface area (Å²) in [4.78, 5) is 11.4. The minimum atomic E-state index is -3.53. The molecule has 0 saturated carbocycles. The summed E-state index contributed by atoms with van der Waals surface area (Å²) in [7, 11) is -3.53. The highest BCUT2D eigenvalue weighted by molar-refractivity contribution is 7.89. The molecule has 0 radical (unpaired) electrons. The summed E-state index contributed by atoms with van der Waals surface area (Å²) in [5, 5.41) is 9.32. The third-order valence-corrected chi connectivity index (χ3v) is 4.63. The number of carboxylic acids is 1. The molecule has 0 atom stereocenters. The van der Waals surface area contributed by atoms with Crippen LogP contribution in [0.2, 0.25) is 0 Å². The van der Waals surface area contributed by atoms with Gasteiger partial charge in [0, 0.05) is 19.8 Å². The monoisotopic (exact) mass is 309 g/mol. The molecular weight excluding hydrogens is 286 g/mol. The Morgan fingerprint density at radius 3 is 2.50 bits per heavy atom. The molecule has 0 amide bonds. The van der Waals surface area contributed by atoms with E-state index in [1.807, 2.05) is 13.8 Å². The average Bonchev–Trinajstić information content (AvgIpc) is 2.37. The molecule has 8 heteroatoms. The second-order valence-electron chi connectivity index (χ2n) is 5.26. The van der Waals surface area contributed by atoms with Crippen molar-refractivity contribution in [3.63, 3.8) is 0 Å². The van der Waals surface area contributed by atoms with E-state index in [-0.39, 0.29) is 25.0 Å². The molecule has 20 heavy (non-hydrogen) atoms. The molecule has 2 N–H and O–H groups in total. The summed E-state index contributed by atoms with van der Waals surface area (Å²) in [6, 6.07) is 0. The zero-order chi connectivity index (χ0) is 15.2. The van der Waals surface area contributed by atoms with Crippen LogP contribution in [0.25, 0.3) is 0 Å². The number of rotatable bonds is 8. The predicted molar refractivity (Wildman–Crippen MR) is 73.0 cm³/mol. The molecule has 118 valence electrons. The molecule has 0 aromatic rings. The number of hydrogen-bond acceptors (Lipinski definition) is 5. The fourth-order valence-corrected chi connectivity index (χ4v) is 2.90. The van der Waals surface area contributed by atoms with Crippen LogP contribution in [0.5, 0.6) is 0 Å². The van der Waals surface area contributed by atoms with Gasteiger partial charge < -0.3 is 14.6 Å². The fourth-order valence-electron chi connectivity index (χ4n) is 1.94. The maximum atomic E-state index is 11.8. The van der Waals surface area contributed by atoms with Crippen LogP contribution in [0.4, 0.5) is 0 Å². The first-order chi connectivity index (χ1) is 9.27. The quantitative estimate of drug-likeness (QED) is 0.664. The van der Waals surface area contributed by atoms with Gasteiger partial charge in [0.25, 0.3) is 0 Å². The maximum absolute atomic E-state index is 11.8. The van der Waals surface area contributed by atoms with E-state index in [0.29, 0.717) is 26.1 Å². The average molecular weight is 309 g/mol. The molecule has 1 saturated heterocycles. The van der Waals surface area contributed by atoms with E-state index in [4.69, 9.17) is 9.47 Å². The van der Waals surface area contributed by atoms with Gasteiger partial charge in [-0.05, 0) is 26.7 Å². The molecule has 0 spiro atoms. The maximum Gasteiger partial charge on any atom is 0.311 e. The summed E-state index contributed by atoms with van der Waals surface area (Å²) in [5.41, 5.74) is -1.07.